The van der Waals surface area contributed by atoms with Crippen LogP contribution in [0.25, 0.3) is 0 Å². The molecule has 0 radical (unpaired) electrons. The van der Waals surface area contributed by atoms with Crippen molar-refractivity contribution in [2.75, 3.05) is 38.2 Å². The summed E-state index contributed by atoms with van der Waals surface area (Å²) in [5.41, 5.74) is 1.85. The largest absolute Gasteiger partial charge is 0.379 e. The van der Waals surface area contributed by atoms with E-state index in [1.54, 1.807) is 11.3 Å². The molecule has 112 valence electrons. The van der Waals surface area contributed by atoms with Crippen LogP contribution in [0.3, 0.4) is 0 Å². The number of ether oxygens (including phenoxy) is 1. The lowest BCUT2D eigenvalue weighted by molar-refractivity contribution is -0.118. The van der Waals surface area contributed by atoms with Gasteiger partial charge in [-0.15, -0.1) is 11.3 Å². The molecule has 0 unspecified atom stereocenters. The Morgan fingerprint density at radius 2 is 2.10 bits per heavy atom. The summed E-state index contributed by atoms with van der Waals surface area (Å²) < 4.78 is 5.28. The highest BCUT2D eigenvalue weighted by atomic mass is 32.1. The first-order valence-electron chi connectivity index (χ1n) is 7.42. The van der Waals surface area contributed by atoms with Crippen molar-refractivity contribution >= 4 is 22.2 Å². The Morgan fingerprint density at radius 3 is 2.86 bits per heavy atom. The van der Waals surface area contributed by atoms with Crippen LogP contribution in [0.1, 0.15) is 28.8 Å². The number of anilines is 1. The third-order valence-corrected chi connectivity index (χ3v) is 5.21. The molecule has 3 rings (SSSR count). The summed E-state index contributed by atoms with van der Waals surface area (Å²) in [4.78, 5) is 15.5. The standard InChI is InChI=1S/C15H19N3O2S/c16-9-12-11-3-1-2-4-13(11)21-15(12)17-14(19)10-18-5-7-20-8-6-18/h1-8,10H2,(H,17,19). The second kappa shape index (κ2) is 6.56. The van der Waals surface area contributed by atoms with E-state index in [1.165, 1.54) is 11.3 Å². The Kier molecular flexibility index (Phi) is 4.54. The van der Waals surface area contributed by atoms with Gasteiger partial charge in [0.15, 0.2) is 0 Å². The molecule has 5 nitrogen and oxygen atoms in total. The maximum Gasteiger partial charge on any atom is 0.239 e. The number of amides is 1. The lowest BCUT2D eigenvalue weighted by atomic mass is 9.96. The molecule has 1 fully saturated rings. The number of hydrogen-bond acceptors (Lipinski definition) is 5. The summed E-state index contributed by atoms with van der Waals surface area (Å²) in [5.74, 6) is -0.0352. The van der Waals surface area contributed by atoms with Crippen LogP contribution in [0.2, 0.25) is 0 Å². The number of nitriles is 1. The molecule has 0 spiro atoms. The van der Waals surface area contributed by atoms with Gasteiger partial charge in [0.05, 0.1) is 25.3 Å². The molecule has 2 aliphatic rings. The molecule has 1 aliphatic heterocycles. The van der Waals surface area contributed by atoms with E-state index in [2.05, 4.69) is 16.3 Å². The number of rotatable bonds is 3. The maximum atomic E-state index is 12.2. The first-order valence-corrected chi connectivity index (χ1v) is 8.24. The fourth-order valence-corrected chi connectivity index (χ4v) is 4.16. The minimum atomic E-state index is -0.0352. The highest BCUT2D eigenvalue weighted by molar-refractivity contribution is 7.16. The van der Waals surface area contributed by atoms with Gasteiger partial charge in [-0.3, -0.25) is 9.69 Å². The molecule has 0 aromatic carbocycles. The molecule has 1 aromatic heterocycles. The molecular weight excluding hydrogens is 286 g/mol. The number of carbonyl (C=O) groups is 1. The smallest absolute Gasteiger partial charge is 0.239 e. The fourth-order valence-electron chi connectivity index (χ4n) is 2.90. The lowest BCUT2D eigenvalue weighted by Gasteiger charge is -2.25. The van der Waals surface area contributed by atoms with E-state index in [0.717, 1.165) is 42.9 Å². The topological polar surface area (TPSA) is 65.4 Å². The second-order valence-corrected chi connectivity index (χ2v) is 6.57. The van der Waals surface area contributed by atoms with Crippen molar-refractivity contribution in [3.05, 3.63) is 16.0 Å². The third kappa shape index (κ3) is 3.26. The molecule has 21 heavy (non-hydrogen) atoms. The van der Waals surface area contributed by atoms with Gasteiger partial charge >= 0.3 is 0 Å². The van der Waals surface area contributed by atoms with Crippen LogP contribution in [0, 0.1) is 11.3 Å². The Labute approximate surface area is 128 Å². The quantitative estimate of drug-likeness (QED) is 0.924. The summed E-state index contributed by atoms with van der Waals surface area (Å²) >= 11 is 1.58. The van der Waals surface area contributed by atoms with E-state index in [0.29, 0.717) is 25.3 Å². The molecule has 1 amide bonds. The molecule has 2 heterocycles. The zero-order chi connectivity index (χ0) is 14.7. The fraction of sp³-hybridized carbons (Fsp3) is 0.600. The van der Waals surface area contributed by atoms with Crippen LogP contribution in [-0.2, 0) is 22.4 Å². The van der Waals surface area contributed by atoms with Crippen LogP contribution in [-0.4, -0.2) is 43.7 Å². The molecule has 1 saturated heterocycles. The van der Waals surface area contributed by atoms with Crippen LogP contribution in [0.15, 0.2) is 0 Å². The second-order valence-electron chi connectivity index (χ2n) is 5.46. The predicted octanol–water partition coefficient (Wildman–Crippen LogP) is 1.77. The van der Waals surface area contributed by atoms with Gasteiger partial charge in [0, 0.05) is 18.0 Å². The van der Waals surface area contributed by atoms with Gasteiger partial charge in [-0.05, 0) is 31.2 Å². The van der Waals surface area contributed by atoms with Crippen LogP contribution in [0.5, 0.6) is 0 Å². The Morgan fingerprint density at radius 1 is 1.33 bits per heavy atom. The number of morpholine rings is 1. The zero-order valence-corrected chi connectivity index (χ0v) is 12.8. The van der Waals surface area contributed by atoms with Crippen LogP contribution >= 0.6 is 11.3 Å². The van der Waals surface area contributed by atoms with Gasteiger partial charge in [0.25, 0.3) is 0 Å². The monoisotopic (exact) mass is 305 g/mol. The van der Waals surface area contributed by atoms with Gasteiger partial charge in [-0.25, -0.2) is 0 Å². The zero-order valence-electron chi connectivity index (χ0n) is 12.0. The predicted molar refractivity (Wildman–Crippen MR) is 81.6 cm³/mol. The molecular formula is C15H19N3O2S. The minimum absolute atomic E-state index is 0.0352. The molecule has 6 heteroatoms. The molecule has 1 N–H and O–H groups in total. The highest BCUT2D eigenvalue weighted by Gasteiger charge is 2.22. The van der Waals surface area contributed by atoms with Crippen LogP contribution in [0.4, 0.5) is 5.00 Å². The first kappa shape index (κ1) is 14.5. The van der Waals surface area contributed by atoms with Crippen molar-refractivity contribution in [1.82, 2.24) is 4.90 Å². The molecule has 0 bridgehead atoms. The summed E-state index contributed by atoms with van der Waals surface area (Å²) in [6.45, 7) is 3.32. The van der Waals surface area contributed by atoms with Crippen molar-refractivity contribution in [3.63, 3.8) is 0 Å². The Bertz CT molecular complexity index is 570. The van der Waals surface area contributed by atoms with Gasteiger partial charge in [-0.1, -0.05) is 0 Å². The summed E-state index contributed by atoms with van der Waals surface area (Å²) in [6.07, 6.45) is 4.32. The van der Waals surface area contributed by atoms with E-state index < -0.39 is 0 Å². The van der Waals surface area contributed by atoms with Gasteiger partial charge in [-0.2, -0.15) is 5.26 Å². The van der Waals surface area contributed by atoms with Crippen LogP contribution < -0.4 is 5.32 Å². The van der Waals surface area contributed by atoms with Gasteiger partial charge in [0.2, 0.25) is 5.91 Å². The third-order valence-electron chi connectivity index (χ3n) is 4.01. The van der Waals surface area contributed by atoms with Crippen molar-refractivity contribution in [2.45, 2.75) is 25.7 Å². The first-order chi connectivity index (χ1) is 10.3. The van der Waals surface area contributed by atoms with Crippen molar-refractivity contribution in [3.8, 4) is 6.07 Å². The lowest BCUT2D eigenvalue weighted by Crippen LogP contribution is -2.41. The molecule has 0 atom stereocenters. The normalized spacial score (nSPS) is 18.8. The van der Waals surface area contributed by atoms with Gasteiger partial charge < -0.3 is 10.1 Å². The van der Waals surface area contributed by atoms with E-state index in [1.807, 2.05) is 0 Å². The Balaban J connectivity index is 1.68. The average Bonchev–Trinajstić information content (AvgIpc) is 2.85. The summed E-state index contributed by atoms with van der Waals surface area (Å²) in [7, 11) is 0. The number of fused-ring (bicyclic) bond motifs is 1. The van der Waals surface area contributed by atoms with Crippen molar-refractivity contribution in [2.24, 2.45) is 0 Å². The maximum absolute atomic E-state index is 12.2. The number of aryl methyl sites for hydroxylation is 1. The van der Waals surface area contributed by atoms with E-state index in [-0.39, 0.29) is 5.91 Å². The average molecular weight is 305 g/mol. The SMILES string of the molecule is N#Cc1c(NC(=O)CN2CCOCC2)sc2c1CCCC2. The summed E-state index contributed by atoms with van der Waals surface area (Å²) in [6, 6.07) is 2.27. The molecule has 0 saturated carbocycles. The number of thiophene rings is 1. The number of nitrogens with zero attached hydrogens (tertiary/aromatic N) is 2. The number of hydrogen-bond donors (Lipinski definition) is 1. The van der Waals surface area contributed by atoms with E-state index in [9.17, 15) is 10.1 Å². The number of nitrogens with one attached hydrogen (secondary N) is 1. The molecule has 1 aromatic rings. The number of carbonyl (C=O) groups excluding carboxylic acids is 1. The van der Waals surface area contributed by atoms with E-state index in [4.69, 9.17) is 4.74 Å². The minimum Gasteiger partial charge on any atom is -0.379 e. The Hall–Kier alpha value is -1.42. The molecule has 1 aliphatic carbocycles. The van der Waals surface area contributed by atoms with E-state index >= 15 is 0 Å². The van der Waals surface area contributed by atoms with Crippen molar-refractivity contribution in [1.29, 1.82) is 5.26 Å². The van der Waals surface area contributed by atoms with Gasteiger partial charge in [0.1, 0.15) is 11.1 Å². The highest BCUT2D eigenvalue weighted by Crippen LogP contribution is 2.37. The van der Waals surface area contributed by atoms with Crippen molar-refractivity contribution < 1.29 is 9.53 Å². The summed E-state index contributed by atoms with van der Waals surface area (Å²) in [5, 5.41) is 13.1.